The summed E-state index contributed by atoms with van der Waals surface area (Å²) in [6.45, 7) is 2.13. The van der Waals surface area contributed by atoms with E-state index in [1.165, 1.54) is 5.56 Å². The summed E-state index contributed by atoms with van der Waals surface area (Å²) in [6, 6.07) is 40.2. The average molecular weight is 575 g/mol. The fourth-order valence-corrected chi connectivity index (χ4v) is 3.78. The van der Waals surface area contributed by atoms with Gasteiger partial charge in [0, 0.05) is 65.4 Å². The largest absolute Gasteiger partial charge is 0.265 e. The van der Waals surface area contributed by atoms with E-state index in [2.05, 4.69) is 96.2 Å². The summed E-state index contributed by atoms with van der Waals surface area (Å²) in [5.74, 6) is 1.09. The van der Waals surface area contributed by atoms with Crippen molar-refractivity contribution in [1.29, 1.82) is 0 Å². The van der Waals surface area contributed by atoms with Crippen LogP contribution in [0.2, 0.25) is 0 Å². The Hall–Kier alpha value is -1.70. The third-order valence-corrected chi connectivity index (χ3v) is 5.45. The summed E-state index contributed by atoms with van der Waals surface area (Å²) < 4.78 is 4.34. The molecule has 5 rings (SSSR count). The first-order chi connectivity index (χ1) is 15.2. The molecule has 0 unspecified atom stereocenters. The van der Waals surface area contributed by atoms with E-state index < -0.39 is 0 Å². The topological polar surface area (TPSA) is 8.81 Å². The minimum atomic E-state index is 0. The molecule has 33 heavy (non-hydrogen) atoms. The van der Waals surface area contributed by atoms with E-state index in [1.807, 2.05) is 42.5 Å². The molecule has 2 nitrogen and oxygen atoms in total. The predicted molar refractivity (Wildman–Crippen MR) is 123 cm³/mol. The van der Waals surface area contributed by atoms with Gasteiger partial charge in [0.05, 0.1) is 7.05 Å². The molecule has 0 aliphatic carbocycles. The van der Waals surface area contributed by atoms with E-state index in [-0.39, 0.29) is 65.4 Å². The standard InChI is InChI=1S/C29H21N2.2Y/c1-22-13-14-26(25-17-15-24(16-18-25)23-9-5-3-6-10-23)21-28(22)29-30(2)19-20-31(29)27-11-7-4-8-12-27;;/h3-9,11-15,18-20H,1-2H3;;/q-3;;. The van der Waals surface area contributed by atoms with Crippen molar-refractivity contribution in [3.63, 3.8) is 0 Å². The van der Waals surface area contributed by atoms with E-state index in [4.69, 9.17) is 0 Å². The Bertz CT molecular complexity index is 1330. The van der Waals surface area contributed by atoms with E-state index >= 15 is 0 Å². The molecular formula is C29H21N2Y2-3. The quantitative estimate of drug-likeness (QED) is 0.189. The maximum atomic E-state index is 3.64. The van der Waals surface area contributed by atoms with Crippen LogP contribution >= 0.6 is 0 Å². The molecule has 1 aromatic heterocycles. The van der Waals surface area contributed by atoms with Gasteiger partial charge >= 0.3 is 0 Å². The molecule has 4 aromatic carbocycles. The number of aromatic nitrogens is 2. The van der Waals surface area contributed by atoms with Crippen molar-refractivity contribution >= 4 is 0 Å². The number of benzene rings is 4. The molecule has 5 aromatic rings. The second-order valence-corrected chi connectivity index (χ2v) is 7.55. The van der Waals surface area contributed by atoms with Crippen LogP contribution in [-0.2, 0) is 72.5 Å². The van der Waals surface area contributed by atoms with Crippen LogP contribution in [0.25, 0.3) is 39.3 Å². The number of nitrogens with zero attached hydrogens (tertiary/aromatic N) is 2. The Labute approximate surface area is 246 Å². The van der Waals surface area contributed by atoms with Crippen LogP contribution in [0.15, 0.2) is 91.3 Å². The Morgan fingerprint density at radius 1 is 0.727 bits per heavy atom. The van der Waals surface area contributed by atoms with E-state index in [0.29, 0.717) is 0 Å². The van der Waals surface area contributed by atoms with Crippen LogP contribution in [0.4, 0.5) is 0 Å². The first-order valence-corrected chi connectivity index (χ1v) is 10.3. The van der Waals surface area contributed by atoms with E-state index in [9.17, 15) is 0 Å². The fourth-order valence-electron chi connectivity index (χ4n) is 3.78. The first kappa shape index (κ1) is 25.9. The van der Waals surface area contributed by atoms with Crippen molar-refractivity contribution in [2.75, 3.05) is 0 Å². The summed E-state index contributed by atoms with van der Waals surface area (Å²) in [4.78, 5) is 0. The molecule has 0 saturated heterocycles. The van der Waals surface area contributed by atoms with Crippen molar-refractivity contribution in [1.82, 2.24) is 4.57 Å². The third-order valence-electron chi connectivity index (χ3n) is 5.45. The maximum Gasteiger partial charge on any atom is 0.228 e. The van der Waals surface area contributed by atoms with Gasteiger partial charge in [0.25, 0.3) is 0 Å². The van der Waals surface area contributed by atoms with Crippen molar-refractivity contribution in [3.05, 3.63) is 121 Å². The molecule has 0 amide bonds. The van der Waals surface area contributed by atoms with Crippen LogP contribution in [0.5, 0.6) is 0 Å². The normalized spacial score (nSPS) is 10.2. The van der Waals surface area contributed by atoms with Gasteiger partial charge in [0.2, 0.25) is 5.82 Å². The fraction of sp³-hybridized carbons (Fsp3) is 0.0690. The first-order valence-electron chi connectivity index (χ1n) is 10.3. The minimum Gasteiger partial charge on any atom is -0.265 e. The van der Waals surface area contributed by atoms with Gasteiger partial charge in [-0.3, -0.25) is 4.57 Å². The monoisotopic (exact) mass is 575 g/mol. The Kier molecular flexibility index (Phi) is 9.13. The predicted octanol–water partition coefficient (Wildman–Crippen LogP) is 5.81. The summed E-state index contributed by atoms with van der Waals surface area (Å²) in [5, 5.41) is 0. The second-order valence-electron chi connectivity index (χ2n) is 7.55. The molecule has 4 heteroatoms. The summed E-state index contributed by atoms with van der Waals surface area (Å²) >= 11 is 0. The van der Waals surface area contributed by atoms with Gasteiger partial charge < -0.3 is 0 Å². The van der Waals surface area contributed by atoms with Crippen molar-refractivity contribution in [3.8, 4) is 39.3 Å². The van der Waals surface area contributed by atoms with Crippen LogP contribution in [-0.4, -0.2) is 4.57 Å². The molecule has 0 spiro atoms. The molecule has 2 radical (unpaired) electrons. The Morgan fingerprint density at radius 2 is 1.42 bits per heavy atom. The molecule has 156 valence electrons. The zero-order valence-corrected chi connectivity index (χ0v) is 24.4. The van der Waals surface area contributed by atoms with Crippen molar-refractivity contribution in [2.45, 2.75) is 6.92 Å². The summed E-state index contributed by atoms with van der Waals surface area (Å²) in [7, 11) is 2.07. The molecule has 0 N–H and O–H groups in total. The van der Waals surface area contributed by atoms with Crippen molar-refractivity contribution in [2.24, 2.45) is 7.05 Å². The maximum absolute atomic E-state index is 3.64. The van der Waals surface area contributed by atoms with Crippen LogP contribution in [0, 0.1) is 31.2 Å². The van der Waals surface area contributed by atoms with E-state index in [1.54, 1.807) is 0 Å². The van der Waals surface area contributed by atoms with Crippen molar-refractivity contribution < 1.29 is 70.0 Å². The molecule has 0 bridgehead atoms. The molecule has 0 atom stereocenters. The second kappa shape index (κ2) is 11.6. The van der Waals surface area contributed by atoms with Gasteiger partial charge in [0.1, 0.15) is 18.1 Å². The summed E-state index contributed by atoms with van der Waals surface area (Å²) in [6.07, 6.45) is 4.17. The molecule has 0 aliphatic heterocycles. The van der Waals surface area contributed by atoms with Gasteiger partial charge in [-0.05, 0) is 17.7 Å². The number of hydrogen-bond donors (Lipinski definition) is 0. The van der Waals surface area contributed by atoms with Gasteiger partial charge in [-0.2, -0.15) is 36.4 Å². The minimum absolute atomic E-state index is 0. The molecule has 0 aliphatic rings. The molecule has 0 saturated carbocycles. The Balaban J connectivity index is 0.00000153. The van der Waals surface area contributed by atoms with Gasteiger partial charge in [-0.15, -0.1) is 17.7 Å². The van der Waals surface area contributed by atoms with Gasteiger partial charge in [-0.1, -0.05) is 25.1 Å². The zero-order valence-electron chi connectivity index (χ0n) is 18.7. The van der Waals surface area contributed by atoms with Crippen LogP contribution in [0.1, 0.15) is 5.56 Å². The number of rotatable bonds is 4. The smallest absolute Gasteiger partial charge is 0.228 e. The zero-order chi connectivity index (χ0) is 21.2. The molecule has 1 heterocycles. The number of aryl methyl sites for hydroxylation is 2. The third kappa shape index (κ3) is 5.52. The van der Waals surface area contributed by atoms with Crippen LogP contribution in [0.3, 0.4) is 0 Å². The Morgan fingerprint density at radius 3 is 2.09 bits per heavy atom. The molecular weight excluding hydrogens is 554 g/mol. The average Bonchev–Trinajstić information content (AvgIpc) is 3.22. The van der Waals surface area contributed by atoms with E-state index in [0.717, 1.165) is 39.3 Å². The van der Waals surface area contributed by atoms with Crippen LogP contribution < -0.4 is 4.57 Å². The van der Waals surface area contributed by atoms with Gasteiger partial charge in [0.15, 0.2) is 0 Å². The summed E-state index contributed by atoms with van der Waals surface area (Å²) in [5.41, 5.74) is 7.35. The molecule has 0 fully saturated rings. The number of hydrogen-bond acceptors (Lipinski definition) is 0. The SMILES string of the molecule is Cc1ccc(-c2[c-]cc(-c3[c-]cccc3)[c-]c2)[c-]c1-c1n(-c2ccccc2)cc[n+]1C.[Y].[Y]. The van der Waals surface area contributed by atoms with Gasteiger partial charge in [-0.25, -0.2) is 51.1 Å². The number of para-hydroxylation sites is 1. The number of imidazole rings is 1.